The van der Waals surface area contributed by atoms with E-state index in [9.17, 15) is 4.39 Å². The van der Waals surface area contributed by atoms with Crippen molar-refractivity contribution in [2.45, 2.75) is 19.4 Å². The van der Waals surface area contributed by atoms with Gasteiger partial charge in [0.15, 0.2) is 0 Å². The molecule has 2 aromatic rings. The molecule has 0 aliphatic heterocycles. The van der Waals surface area contributed by atoms with E-state index in [-0.39, 0.29) is 11.9 Å². The maximum absolute atomic E-state index is 13.9. The highest BCUT2D eigenvalue weighted by Crippen LogP contribution is 2.28. The molecule has 2 aromatic carbocycles. The second-order valence-corrected chi connectivity index (χ2v) is 5.26. The summed E-state index contributed by atoms with van der Waals surface area (Å²) in [6, 6.07) is 10.2. The van der Waals surface area contributed by atoms with E-state index >= 15 is 0 Å². The molecule has 0 aromatic heterocycles. The number of methoxy groups -OCH3 is 1. The van der Waals surface area contributed by atoms with Crippen molar-refractivity contribution in [2.24, 2.45) is 5.84 Å². The fourth-order valence-corrected chi connectivity index (χ4v) is 2.50. The molecule has 0 saturated heterocycles. The molecule has 0 spiro atoms. The van der Waals surface area contributed by atoms with E-state index in [0.717, 1.165) is 16.9 Å². The fraction of sp³-hybridized carbons (Fsp3) is 0.250. The molecule has 0 radical (unpaired) electrons. The van der Waals surface area contributed by atoms with Crippen LogP contribution >= 0.6 is 11.6 Å². The minimum absolute atomic E-state index is 0.256. The van der Waals surface area contributed by atoms with Crippen LogP contribution in [0.15, 0.2) is 36.4 Å². The Morgan fingerprint density at radius 1 is 1.33 bits per heavy atom. The van der Waals surface area contributed by atoms with E-state index in [1.165, 1.54) is 6.07 Å². The summed E-state index contributed by atoms with van der Waals surface area (Å²) in [5, 5.41) is 0.398. The molecule has 1 atom stereocenters. The highest BCUT2D eigenvalue weighted by Gasteiger charge is 2.16. The maximum Gasteiger partial charge on any atom is 0.127 e. The van der Waals surface area contributed by atoms with Gasteiger partial charge in [-0.1, -0.05) is 29.8 Å². The summed E-state index contributed by atoms with van der Waals surface area (Å²) in [5.74, 6) is 6.07. The summed E-state index contributed by atoms with van der Waals surface area (Å²) in [7, 11) is 1.62. The minimum Gasteiger partial charge on any atom is -0.496 e. The first-order chi connectivity index (χ1) is 10.1. The van der Waals surface area contributed by atoms with Crippen LogP contribution in [-0.2, 0) is 6.42 Å². The Morgan fingerprint density at radius 3 is 2.71 bits per heavy atom. The molecule has 5 heteroatoms. The van der Waals surface area contributed by atoms with Gasteiger partial charge in [0.25, 0.3) is 0 Å². The van der Waals surface area contributed by atoms with Gasteiger partial charge in [-0.05, 0) is 42.7 Å². The molecule has 2 rings (SSSR count). The first-order valence-electron chi connectivity index (χ1n) is 6.60. The zero-order valence-electron chi connectivity index (χ0n) is 12.0. The van der Waals surface area contributed by atoms with Gasteiger partial charge in [0, 0.05) is 10.6 Å². The predicted molar refractivity (Wildman–Crippen MR) is 82.9 cm³/mol. The monoisotopic (exact) mass is 308 g/mol. The second-order valence-electron chi connectivity index (χ2n) is 4.85. The zero-order valence-corrected chi connectivity index (χ0v) is 12.7. The van der Waals surface area contributed by atoms with Crippen molar-refractivity contribution in [1.29, 1.82) is 0 Å². The molecule has 3 N–H and O–H groups in total. The third-order valence-corrected chi connectivity index (χ3v) is 3.86. The molecular formula is C16H18ClFN2O. The Morgan fingerprint density at radius 2 is 2.10 bits per heavy atom. The Balaban J connectivity index is 2.32. The van der Waals surface area contributed by atoms with Crippen LogP contribution in [0, 0.1) is 12.7 Å². The molecule has 0 heterocycles. The fourth-order valence-electron chi connectivity index (χ4n) is 2.26. The van der Waals surface area contributed by atoms with Gasteiger partial charge < -0.3 is 4.74 Å². The van der Waals surface area contributed by atoms with Crippen LogP contribution in [0.3, 0.4) is 0 Å². The summed E-state index contributed by atoms with van der Waals surface area (Å²) < 4.78 is 19.2. The largest absolute Gasteiger partial charge is 0.496 e. The highest BCUT2D eigenvalue weighted by molar-refractivity contribution is 6.31. The average Bonchev–Trinajstić information content (AvgIpc) is 2.48. The number of hydrogen-bond donors (Lipinski definition) is 2. The number of nitrogens with one attached hydrogen (secondary N) is 1. The van der Waals surface area contributed by atoms with Crippen LogP contribution in [0.25, 0.3) is 0 Å². The van der Waals surface area contributed by atoms with E-state index < -0.39 is 0 Å². The Bertz CT molecular complexity index is 613. The van der Waals surface area contributed by atoms with Gasteiger partial charge in [0.1, 0.15) is 11.6 Å². The average molecular weight is 309 g/mol. The molecule has 0 aliphatic carbocycles. The molecule has 0 fully saturated rings. The Kier molecular flexibility index (Phi) is 5.17. The second kappa shape index (κ2) is 6.89. The quantitative estimate of drug-likeness (QED) is 0.656. The lowest BCUT2D eigenvalue weighted by molar-refractivity contribution is 0.409. The first kappa shape index (κ1) is 15.8. The molecule has 0 bridgehead atoms. The number of hydrogen-bond acceptors (Lipinski definition) is 3. The van der Waals surface area contributed by atoms with Gasteiger partial charge >= 0.3 is 0 Å². The van der Waals surface area contributed by atoms with E-state index in [2.05, 4.69) is 5.43 Å². The zero-order chi connectivity index (χ0) is 15.4. The van der Waals surface area contributed by atoms with Crippen LogP contribution in [0.5, 0.6) is 5.75 Å². The maximum atomic E-state index is 13.9. The van der Waals surface area contributed by atoms with Crippen molar-refractivity contribution >= 4 is 11.6 Å². The van der Waals surface area contributed by atoms with Crippen molar-refractivity contribution in [2.75, 3.05) is 7.11 Å². The van der Waals surface area contributed by atoms with Crippen molar-refractivity contribution in [3.63, 3.8) is 0 Å². The lowest BCUT2D eigenvalue weighted by Gasteiger charge is -2.19. The SMILES string of the molecule is COc1cc(C(Cc2c(F)cccc2Cl)NN)ccc1C. The number of benzene rings is 2. The molecule has 0 amide bonds. The molecule has 0 aliphatic rings. The molecular weight excluding hydrogens is 291 g/mol. The molecule has 0 saturated carbocycles. The summed E-state index contributed by atoms with van der Waals surface area (Å²) in [5.41, 5.74) is 5.10. The molecule has 112 valence electrons. The van der Waals surface area contributed by atoms with Crippen molar-refractivity contribution < 1.29 is 9.13 Å². The molecule has 3 nitrogen and oxygen atoms in total. The topological polar surface area (TPSA) is 47.3 Å². The summed E-state index contributed by atoms with van der Waals surface area (Å²) in [4.78, 5) is 0. The van der Waals surface area contributed by atoms with E-state index in [1.807, 2.05) is 25.1 Å². The number of rotatable bonds is 5. The van der Waals surface area contributed by atoms with Crippen LogP contribution in [0.1, 0.15) is 22.7 Å². The summed E-state index contributed by atoms with van der Waals surface area (Å²) in [6.45, 7) is 1.96. The molecule has 21 heavy (non-hydrogen) atoms. The van der Waals surface area contributed by atoms with Gasteiger partial charge in [0.2, 0.25) is 0 Å². The van der Waals surface area contributed by atoms with Crippen LogP contribution in [0.2, 0.25) is 5.02 Å². The number of ether oxygens (including phenoxy) is 1. The van der Waals surface area contributed by atoms with Gasteiger partial charge in [-0.2, -0.15) is 0 Å². The Hall–Kier alpha value is -1.62. The number of halogens is 2. The van der Waals surface area contributed by atoms with Gasteiger partial charge in [0.05, 0.1) is 13.2 Å². The lowest BCUT2D eigenvalue weighted by Crippen LogP contribution is -2.30. The van der Waals surface area contributed by atoms with Crippen molar-refractivity contribution in [3.8, 4) is 5.75 Å². The van der Waals surface area contributed by atoms with Crippen LogP contribution in [-0.4, -0.2) is 7.11 Å². The van der Waals surface area contributed by atoms with Crippen molar-refractivity contribution in [3.05, 3.63) is 63.9 Å². The van der Waals surface area contributed by atoms with E-state index in [1.54, 1.807) is 19.2 Å². The highest BCUT2D eigenvalue weighted by atomic mass is 35.5. The standard InChI is InChI=1S/C16H18ClFN2O/c1-10-6-7-11(8-16(10)21-2)15(20-19)9-12-13(17)4-3-5-14(12)18/h3-8,15,20H,9,19H2,1-2H3. The van der Waals surface area contributed by atoms with Crippen LogP contribution < -0.4 is 16.0 Å². The smallest absolute Gasteiger partial charge is 0.127 e. The molecule has 1 unspecified atom stereocenters. The van der Waals surface area contributed by atoms with Crippen molar-refractivity contribution in [1.82, 2.24) is 5.43 Å². The van der Waals surface area contributed by atoms with Crippen LogP contribution in [0.4, 0.5) is 4.39 Å². The first-order valence-corrected chi connectivity index (χ1v) is 6.98. The minimum atomic E-state index is -0.332. The summed E-state index contributed by atoms with van der Waals surface area (Å²) in [6.07, 6.45) is 0.355. The number of nitrogens with two attached hydrogens (primary N) is 1. The van der Waals surface area contributed by atoms with Gasteiger partial charge in [-0.25, -0.2) is 4.39 Å². The summed E-state index contributed by atoms with van der Waals surface area (Å²) >= 11 is 6.07. The normalized spacial score (nSPS) is 12.2. The van der Waals surface area contributed by atoms with E-state index in [0.29, 0.717) is 17.0 Å². The Labute approximate surface area is 128 Å². The number of aryl methyl sites for hydroxylation is 1. The third-order valence-electron chi connectivity index (χ3n) is 3.51. The van der Waals surface area contributed by atoms with Gasteiger partial charge in [-0.3, -0.25) is 11.3 Å². The van der Waals surface area contributed by atoms with E-state index in [4.69, 9.17) is 22.2 Å². The third kappa shape index (κ3) is 3.53. The predicted octanol–water partition coefficient (Wildman–Crippen LogP) is 3.54. The van der Waals surface area contributed by atoms with Gasteiger partial charge in [-0.15, -0.1) is 0 Å². The number of hydrazine groups is 1. The lowest BCUT2D eigenvalue weighted by atomic mass is 9.97.